The van der Waals surface area contributed by atoms with E-state index in [4.69, 9.17) is 13.9 Å². The zero-order valence-electron chi connectivity index (χ0n) is 15.3. The average Bonchev–Trinajstić information content (AvgIpc) is 3.15. The van der Waals surface area contributed by atoms with E-state index in [1.54, 1.807) is 20.2 Å². The first-order valence-corrected chi connectivity index (χ1v) is 8.30. The van der Waals surface area contributed by atoms with Gasteiger partial charge in [-0.05, 0) is 38.0 Å². The first kappa shape index (κ1) is 17.8. The summed E-state index contributed by atoms with van der Waals surface area (Å²) in [6, 6.07) is 5.45. The largest absolute Gasteiger partial charge is 0.478 e. The van der Waals surface area contributed by atoms with Gasteiger partial charge in [-0.3, -0.25) is 4.79 Å². The van der Waals surface area contributed by atoms with Crippen molar-refractivity contribution in [1.29, 1.82) is 0 Å². The molecule has 0 saturated carbocycles. The fourth-order valence-electron chi connectivity index (χ4n) is 2.98. The Morgan fingerprint density at radius 2 is 1.92 bits per heavy atom. The van der Waals surface area contributed by atoms with E-state index < -0.39 is 5.97 Å². The molecule has 3 aromatic rings. The Labute approximate surface area is 151 Å². The van der Waals surface area contributed by atoms with Gasteiger partial charge in [-0.1, -0.05) is 12.1 Å². The maximum absolute atomic E-state index is 12.6. The third-order valence-electron chi connectivity index (χ3n) is 4.70. The second-order valence-electron chi connectivity index (χ2n) is 6.56. The number of hydrogen-bond donors (Lipinski definition) is 1. The minimum Gasteiger partial charge on any atom is -0.478 e. The molecular weight excluding hydrogens is 334 g/mol. The summed E-state index contributed by atoms with van der Waals surface area (Å²) in [5.41, 5.74) is 3.98. The van der Waals surface area contributed by atoms with Crippen LogP contribution in [0.1, 0.15) is 38.6 Å². The van der Waals surface area contributed by atoms with E-state index in [1.807, 2.05) is 26.0 Å². The van der Waals surface area contributed by atoms with Crippen molar-refractivity contribution in [1.82, 2.24) is 4.90 Å². The normalized spacial score (nSPS) is 11.1. The minimum atomic E-state index is -1.04. The third kappa shape index (κ3) is 3.22. The molecule has 0 radical (unpaired) electrons. The molecule has 136 valence electrons. The number of carbonyl (C=O) groups excluding carboxylic acids is 1. The molecule has 0 bridgehead atoms. The molecule has 1 amide bonds. The molecule has 0 fully saturated rings. The smallest absolute Gasteiger partial charge is 0.339 e. The second-order valence-corrected chi connectivity index (χ2v) is 6.56. The fraction of sp³-hybridized carbons (Fsp3) is 0.300. The molecule has 0 aliphatic heterocycles. The quantitative estimate of drug-likeness (QED) is 0.751. The van der Waals surface area contributed by atoms with Gasteiger partial charge in [0.15, 0.2) is 0 Å². The Balaban J connectivity index is 1.75. The second kappa shape index (κ2) is 6.71. The fourth-order valence-corrected chi connectivity index (χ4v) is 2.98. The molecule has 3 rings (SSSR count). The molecule has 6 nitrogen and oxygen atoms in total. The maximum Gasteiger partial charge on any atom is 0.339 e. The number of nitrogens with zero attached hydrogens (tertiary/aromatic N) is 1. The van der Waals surface area contributed by atoms with E-state index in [0.29, 0.717) is 11.5 Å². The van der Waals surface area contributed by atoms with Gasteiger partial charge in [0.2, 0.25) is 5.91 Å². The number of furan rings is 2. The van der Waals surface area contributed by atoms with Gasteiger partial charge in [0, 0.05) is 18.0 Å². The van der Waals surface area contributed by atoms with Crippen molar-refractivity contribution in [3.05, 3.63) is 58.2 Å². The summed E-state index contributed by atoms with van der Waals surface area (Å²) in [5, 5.41) is 10.0. The Bertz CT molecular complexity index is 995. The Morgan fingerprint density at radius 1 is 1.19 bits per heavy atom. The Hall–Kier alpha value is -3.02. The summed E-state index contributed by atoms with van der Waals surface area (Å²) in [7, 11) is 1.66. The van der Waals surface area contributed by atoms with Crippen LogP contribution in [0, 0.1) is 20.8 Å². The number of carboxylic acids is 1. The van der Waals surface area contributed by atoms with E-state index in [9.17, 15) is 9.59 Å². The molecule has 2 heterocycles. The van der Waals surface area contributed by atoms with Gasteiger partial charge in [-0.25, -0.2) is 4.79 Å². The molecule has 0 aliphatic carbocycles. The van der Waals surface area contributed by atoms with Crippen molar-refractivity contribution in [3.8, 4) is 0 Å². The van der Waals surface area contributed by atoms with Gasteiger partial charge in [0.05, 0.1) is 19.2 Å². The van der Waals surface area contributed by atoms with Crippen LogP contribution in [0.15, 0.2) is 33.3 Å². The van der Waals surface area contributed by atoms with Gasteiger partial charge < -0.3 is 18.8 Å². The van der Waals surface area contributed by atoms with E-state index >= 15 is 0 Å². The standard InChI is InChI=1S/C20H21NO5/c1-11-5-6-16-14(10-25-19(16)12(11)2)7-18(22)21(4)9-15-8-17(20(23)24)13(3)26-15/h5-6,8,10H,7,9H2,1-4H3,(H,23,24). The molecule has 1 aromatic carbocycles. The number of benzene rings is 1. The van der Waals surface area contributed by atoms with Gasteiger partial charge in [0.25, 0.3) is 0 Å². The summed E-state index contributed by atoms with van der Waals surface area (Å²) in [4.78, 5) is 25.2. The molecule has 0 unspecified atom stereocenters. The zero-order chi connectivity index (χ0) is 19.0. The zero-order valence-corrected chi connectivity index (χ0v) is 15.3. The Kier molecular flexibility index (Phi) is 4.59. The van der Waals surface area contributed by atoms with Crippen molar-refractivity contribution in [2.75, 3.05) is 7.05 Å². The van der Waals surface area contributed by atoms with Crippen LogP contribution in [0.25, 0.3) is 11.0 Å². The Morgan fingerprint density at radius 3 is 2.58 bits per heavy atom. The topological polar surface area (TPSA) is 83.9 Å². The van der Waals surface area contributed by atoms with Crippen LogP contribution < -0.4 is 0 Å². The molecule has 26 heavy (non-hydrogen) atoms. The van der Waals surface area contributed by atoms with Gasteiger partial charge in [-0.15, -0.1) is 0 Å². The molecule has 1 N–H and O–H groups in total. The molecule has 0 atom stereocenters. The van der Waals surface area contributed by atoms with Gasteiger partial charge in [-0.2, -0.15) is 0 Å². The van der Waals surface area contributed by atoms with Gasteiger partial charge in [0.1, 0.15) is 22.7 Å². The number of hydrogen-bond acceptors (Lipinski definition) is 4. The summed E-state index contributed by atoms with van der Waals surface area (Å²) >= 11 is 0. The first-order chi connectivity index (χ1) is 12.3. The lowest BCUT2D eigenvalue weighted by Gasteiger charge is -2.15. The highest BCUT2D eigenvalue weighted by molar-refractivity contribution is 5.90. The van der Waals surface area contributed by atoms with Gasteiger partial charge >= 0.3 is 5.97 Å². The number of amides is 1. The molecule has 0 aliphatic rings. The summed E-state index contributed by atoms with van der Waals surface area (Å²) in [6.07, 6.45) is 1.83. The van der Waals surface area contributed by atoms with E-state index in [1.165, 1.54) is 11.0 Å². The lowest BCUT2D eigenvalue weighted by atomic mass is 10.0. The number of aryl methyl sites for hydroxylation is 3. The van der Waals surface area contributed by atoms with Crippen LogP contribution in [0.4, 0.5) is 0 Å². The molecule has 0 saturated heterocycles. The highest BCUT2D eigenvalue weighted by atomic mass is 16.4. The lowest BCUT2D eigenvalue weighted by Crippen LogP contribution is -2.27. The number of carbonyl (C=O) groups is 2. The van der Waals surface area contributed by atoms with Crippen molar-refractivity contribution >= 4 is 22.8 Å². The highest BCUT2D eigenvalue weighted by Gasteiger charge is 2.19. The van der Waals surface area contributed by atoms with Crippen molar-refractivity contribution < 1.29 is 23.5 Å². The van der Waals surface area contributed by atoms with E-state index in [-0.39, 0.29) is 24.4 Å². The summed E-state index contributed by atoms with van der Waals surface area (Å²) in [6.45, 7) is 5.82. The average molecular weight is 355 g/mol. The molecular formula is C20H21NO5. The van der Waals surface area contributed by atoms with E-state index in [0.717, 1.165) is 27.7 Å². The predicted molar refractivity (Wildman–Crippen MR) is 96.3 cm³/mol. The van der Waals surface area contributed by atoms with Crippen molar-refractivity contribution in [2.45, 2.75) is 33.7 Å². The number of likely N-dealkylation sites (N-methyl/N-ethyl adjacent to an activating group) is 1. The van der Waals surface area contributed by atoms with Crippen LogP contribution >= 0.6 is 0 Å². The van der Waals surface area contributed by atoms with Crippen molar-refractivity contribution in [2.24, 2.45) is 0 Å². The van der Waals surface area contributed by atoms with Crippen LogP contribution in [0.3, 0.4) is 0 Å². The van der Waals surface area contributed by atoms with Crippen LogP contribution in [0.2, 0.25) is 0 Å². The highest BCUT2D eigenvalue weighted by Crippen LogP contribution is 2.27. The monoisotopic (exact) mass is 355 g/mol. The number of carboxylic acid groups (broad SMARTS) is 1. The number of fused-ring (bicyclic) bond motifs is 1. The number of aromatic carboxylic acids is 1. The third-order valence-corrected chi connectivity index (χ3v) is 4.70. The van der Waals surface area contributed by atoms with Crippen molar-refractivity contribution in [3.63, 3.8) is 0 Å². The molecule has 0 spiro atoms. The van der Waals surface area contributed by atoms with Crippen LogP contribution in [-0.2, 0) is 17.8 Å². The maximum atomic E-state index is 12.6. The number of rotatable bonds is 5. The predicted octanol–water partition coefficient (Wildman–Crippen LogP) is 3.85. The lowest BCUT2D eigenvalue weighted by molar-refractivity contribution is -0.129. The van der Waals surface area contributed by atoms with E-state index in [2.05, 4.69) is 0 Å². The molecule has 6 heteroatoms. The summed E-state index contributed by atoms with van der Waals surface area (Å²) < 4.78 is 11.1. The summed E-state index contributed by atoms with van der Waals surface area (Å²) in [5.74, 6) is -0.363. The van der Waals surface area contributed by atoms with Crippen LogP contribution in [-0.4, -0.2) is 28.9 Å². The molecule has 2 aromatic heterocycles. The van der Waals surface area contributed by atoms with Crippen LogP contribution in [0.5, 0.6) is 0 Å². The SMILES string of the molecule is Cc1ccc2c(CC(=O)N(C)Cc3cc(C(=O)O)c(C)o3)coc2c1C. The first-order valence-electron chi connectivity index (χ1n) is 8.30. The minimum absolute atomic E-state index is 0.100.